The van der Waals surface area contributed by atoms with Gasteiger partial charge >= 0.3 is 0 Å². The van der Waals surface area contributed by atoms with Gasteiger partial charge in [0.25, 0.3) is 0 Å². The summed E-state index contributed by atoms with van der Waals surface area (Å²) < 4.78 is 0. The van der Waals surface area contributed by atoms with Gasteiger partial charge in [-0.05, 0) is 12.5 Å². The second kappa shape index (κ2) is 7.71. The van der Waals surface area contributed by atoms with Crippen LogP contribution in [0.25, 0.3) is 0 Å². The molecule has 4 nitrogen and oxygen atoms in total. The van der Waals surface area contributed by atoms with E-state index in [1.807, 2.05) is 30.3 Å². The minimum atomic E-state index is -0.551. The van der Waals surface area contributed by atoms with Gasteiger partial charge in [-0.15, -0.1) is 11.6 Å². The van der Waals surface area contributed by atoms with Crippen LogP contribution in [0.3, 0.4) is 0 Å². The Kier molecular flexibility index (Phi) is 6.22. The number of carbonyl (C=O) groups is 2. The number of amides is 2. The first-order valence-electron chi connectivity index (χ1n) is 5.82. The predicted octanol–water partition coefficient (Wildman–Crippen LogP) is 1.09. The van der Waals surface area contributed by atoms with Gasteiger partial charge in [-0.3, -0.25) is 9.59 Å². The second-order valence-electron chi connectivity index (χ2n) is 3.92. The Labute approximate surface area is 112 Å². The van der Waals surface area contributed by atoms with Gasteiger partial charge in [0.1, 0.15) is 5.38 Å². The predicted molar refractivity (Wildman–Crippen MR) is 71.5 cm³/mol. The molecule has 0 aliphatic rings. The molecule has 0 aliphatic carbocycles. The average Bonchev–Trinajstić information content (AvgIpc) is 2.35. The quantitative estimate of drug-likeness (QED) is 0.599. The zero-order valence-corrected chi connectivity index (χ0v) is 11.0. The van der Waals surface area contributed by atoms with E-state index in [4.69, 9.17) is 11.6 Å². The van der Waals surface area contributed by atoms with Gasteiger partial charge in [-0.1, -0.05) is 30.3 Å². The molecule has 0 aromatic heterocycles. The molecule has 1 rings (SSSR count). The third kappa shape index (κ3) is 5.68. The largest absolute Gasteiger partial charge is 0.354 e. The smallest absolute Gasteiger partial charge is 0.237 e. The maximum absolute atomic E-state index is 11.5. The van der Waals surface area contributed by atoms with Crippen molar-refractivity contribution < 1.29 is 9.59 Å². The third-order valence-corrected chi connectivity index (χ3v) is 2.51. The Hall–Kier alpha value is -1.55. The molecule has 2 amide bonds. The van der Waals surface area contributed by atoms with Crippen molar-refractivity contribution >= 4 is 23.4 Å². The van der Waals surface area contributed by atoms with E-state index in [9.17, 15) is 9.59 Å². The van der Waals surface area contributed by atoms with E-state index in [1.54, 1.807) is 6.92 Å². The molecule has 1 aromatic rings. The lowest BCUT2D eigenvalue weighted by Gasteiger charge is -2.08. The Morgan fingerprint density at radius 1 is 1.17 bits per heavy atom. The number of alkyl halides is 1. The highest BCUT2D eigenvalue weighted by molar-refractivity contribution is 6.30. The van der Waals surface area contributed by atoms with Crippen molar-refractivity contribution in [3.63, 3.8) is 0 Å². The molecule has 0 saturated heterocycles. The van der Waals surface area contributed by atoms with Gasteiger partial charge in [0.05, 0.1) is 6.42 Å². The van der Waals surface area contributed by atoms with Crippen LogP contribution in [0.2, 0.25) is 0 Å². The molecule has 1 atom stereocenters. The van der Waals surface area contributed by atoms with Gasteiger partial charge in [0.2, 0.25) is 11.8 Å². The third-order valence-electron chi connectivity index (χ3n) is 2.32. The molecule has 0 radical (unpaired) electrons. The molecule has 98 valence electrons. The maximum Gasteiger partial charge on any atom is 0.237 e. The molecule has 5 heteroatoms. The second-order valence-corrected chi connectivity index (χ2v) is 4.57. The van der Waals surface area contributed by atoms with Crippen molar-refractivity contribution in [3.8, 4) is 0 Å². The lowest BCUT2D eigenvalue weighted by Crippen LogP contribution is -2.37. The summed E-state index contributed by atoms with van der Waals surface area (Å²) in [6, 6.07) is 9.49. The number of carbonyl (C=O) groups excluding carboxylic acids is 2. The molecule has 0 bridgehead atoms. The van der Waals surface area contributed by atoms with E-state index < -0.39 is 5.38 Å². The molecule has 1 unspecified atom stereocenters. The van der Waals surface area contributed by atoms with Crippen LogP contribution >= 0.6 is 11.6 Å². The number of halogens is 1. The lowest BCUT2D eigenvalue weighted by molar-refractivity contribution is -0.122. The summed E-state index contributed by atoms with van der Waals surface area (Å²) in [7, 11) is 0. The van der Waals surface area contributed by atoms with E-state index in [2.05, 4.69) is 10.6 Å². The molecule has 0 saturated carbocycles. The summed E-state index contributed by atoms with van der Waals surface area (Å²) in [6.45, 7) is 2.39. The first-order chi connectivity index (χ1) is 8.59. The number of nitrogens with one attached hydrogen (secondary N) is 2. The molecule has 18 heavy (non-hydrogen) atoms. The average molecular weight is 269 g/mol. The minimum absolute atomic E-state index is 0.0608. The Morgan fingerprint density at radius 2 is 1.78 bits per heavy atom. The highest BCUT2D eigenvalue weighted by Crippen LogP contribution is 1.98. The normalized spacial score (nSPS) is 11.7. The monoisotopic (exact) mass is 268 g/mol. The van der Waals surface area contributed by atoms with Gasteiger partial charge in [-0.2, -0.15) is 0 Å². The van der Waals surface area contributed by atoms with Crippen LogP contribution in [-0.2, 0) is 16.0 Å². The molecule has 0 aliphatic heterocycles. The first kappa shape index (κ1) is 14.5. The van der Waals surface area contributed by atoms with Crippen molar-refractivity contribution in [2.45, 2.75) is 18.7 Å². The molecule has 2 N–H and O–H groups in total. The lowest BCUT2D eigenvalue weighted by atomic mass is 10.1. The van der Waals surface area contributed by atoms with Crippen LogP contribution in [0.4, 0.5) is 0 Å². The van der Waals surface area contributed by atoms with Gasteiger partial charge in [-0.25, -0.2) is 0 Å². The summed E-state index contributed by atoms with van der Waals surface area (Å²) in [5.74, 6) is -0.289. The number of hydrogen-bond acceptors (Lipinski definition) is 2. The summed E-state index contributed by atoms with van der Waals surface area (Å²) in [5, 5.41) is 4.79. The SMILES string of the molecule is CC(Cl)C(=O)NCCNC(=O)Cc1ccccc1. The zero-order chi connectivity index (χ0) is 13.4. The summed E-state index contributed by atoms with van der Waals surface area (Å²) in [5.41, 5.74) is 0.966. The standard InChI is InChI=1S/C13H17ClN2O2/c1-10(14)13(18)16-8-7-15-12(17)9-11-5-3-2-4-6-11/h2-6,10H,7-9H2,1H3,(H,15,17)(H,16,18). The summed E-state index contributed by atoms with van der Waals surface area (Å²) in [6.07, 6.45) is 0.348. The van der Waals surface area contributed by atoms with Crippen molar-refractivity contribution in [2.75, 3.05) is 13.1 Å². The van der Waals surface area contributed by atoms with E-state index in [0.717, 1.165) is 5.56 Å². The van der Waals surface area contributed by atoms with Crippen LogP contribution in [0.15, 0.2) is 30.3 Å². The van der Waals surface area contributed by atoms with Crippen molar-refractivity contribution in [1.29, 1.82) is 0 Å². The molecular weight excluding hydrogens is 252 g/mol. The van der Waals surface area contributed by atoms with Crippen LogP contribution < -0.4 is 10.6 Å². The first-order valence-corrected chi connectivity index (χ1v) is 6.25. The molecule has 0 fully saturated rings. The highest BCUT2D eigenvalue weighted by Gasteiger charge is 2.07. The van der Waals surface area contributed by atoms with Gasteiger partial charge in [0, 0.05) is 13.1 Å². The van der Waals surface area contributed by atoms with Crippen LogP contribution in [0.5, 0.6) is 0 Å². The fourth-order valence-corrected chi connectivity index (χ4v) is 1.45. The van der Waals surface area contributed by atoms with E-state index in [-0.39, 0.29) is 11.8 Å². The van der Waals surface area contributed by atoms with E-state index >= 15 is 0 Å². The number of rotatable bonds is 6. The van der Waals surface area contributed by atoms with Crippen LogP contribution in [0.1, 0.15) is 12.5 Å². The summed E-state index contributed by atoms with van der Waals surface area (Å²) in [4.78, 5) is 22.7. The molecule has 0 spiro atoms. The number of benzene rings is 1. The van der Waals surface area contributed by atoms with Crippen LogP contribution in [-0.4, -0.2) is 30.3 Å². The van der Waals surface area contributed by atoms with Crippen LogP contribution in [0, 0.1) is 0 Å². The highest BCUT2D eigenvalue weighted by atomic mass is 35.5. The minimum Gasteiger partial charge on any atom is -0.354 e. The Bertz CT molecular complexity index is 393. The summed E-state index contributed by atoms with van der Waals surface area (Å²) >= 11 is 5.58. The van der Waals surface area contributed by atoms with Gasteiger partial charge in [0.15, 0.2) is 0 Å². The van der Waals surface area contributed by atoms with Crippen molar-refractivity contribution in [1.82, 2.24) is 10.6 Å². The molecular formula is C13H17ClN2O2. The molecule has 0 heterocycles. The topological polar surface area (TPSA) is 58.2 Å². The Morgan fingerprint density at radius 3 is 2.39 bits per heavy atom. The zero-order valence-electron chi connectivity index (χ0n) is 10.3. The molecule has 1 aromatic carbocycles. The van der Waals surface area contributed by atoms with E-state index in [0.29, 0.717) is 19.5 Å². The fraction of sp³-hybridized carbons (Fsp3) is 0.385. The van der Waals surface area contributed by atoms with E-state index in [1.165, 1.54) is 0 Å². The van der Waals surface area contributed by atoms with Crippen molar-refractivity contribution in [2.24, 2.45) is 0 Å². The fourth-order valence-electron chi connectivity index (χ4n) is 1.37. The Balaban J connectivity index is 2.16. The van der Waals surface area contributed by atoms with Crippen molar-refractivity contribution in [3.05, 3.63) is 35.9 Å². The number of hydrogen-bond donors (Lipinski definition) is 2. The maximum atomic E-state index is 11.5. The van der Waals surface area contributed by atoms with Gasteiger partial charge < -0.3 is 10.6 Å².